The molecular formula is C14H16ClNO3S. The van der Waals surface area contributed by atoms with Crippen molar-refractivity contribution >= 4 is 25.6 Å². The lowest BCUT2D eigenvalue weighted by atomic mass is 10.1. The van der Waals surface area contributed by atoms with Crippen molar-refractivity contribution in [1.82, 2.24) is 4.90 Å². The molecule has 20 heavy (non-hydrogen) atoms. The third-order valence-corrected chi connectivity index (χ3v) is 4.49. The van der Waals surface area contributed by atoms with E-state index >= 15 is 0 Å². The van der Waals surface area contributed by atoms with Crippen LogP contribution in [0, 0.1) is 6.92 Å². The standard InChI is InChI=1S/C14H16ClNO3S/c1-3-6-16(12-4-5-12)14(17)11-7-10(2)8-13(9-11)20(15,18)19/h3,7-9,12H,1,4-6H2,2H3. The summed E-state index contributed by atoms with van der Waals surface area (Å²) in [6, 6.07) is 4.69. The van der Waals surface area contributed by atoms with Gasteiger partial charge in [0.05, 0.1) is 4.90 Å². The van der Waals surface area contributed by atoms with Gasteiger partial charge in [0.2, 0.25) is 0 Å². The number of benzene rings is 1. The van der Waals surface area contributed by atoms with Gasteiger partial charge in [-0.1, -0.05) is 6.08 Å². The third kappa shape index (κ3) is 3.41. The van der Waals surface area contributed by atoms with Crippen molar-refractivity contribution in [3.05, 3.63) is 42.0 Å². The summed E-state index contributed by atoms with van der Waals surface area (Å²) in [5, 5.41) is 0. The van der Waals surface area contributed by atoms with Crippen molar-refractivity contribution in [3.8, 4) is 0 Å². The molecule has 1 saturated carbocycles. The van der Waals surface area contributed by atoms with E-state index in [2.05, 4.69) is 6.58 Å². The quantitative estimate of drug-likeness (QED) is 0.620. The number of hydrogen-bond acceptors (Lipinski definition) is 3. The third-order valence-electron chi connectivity index (χ3n) is 3.15. The van der Waals surface area contributed by atoms with E-state index in [0.717, 1.165) is 12.8 Å². The van der Waals surface area contributed by atoms with E-state index in [4.69, 9.17) is 10.7 Å². The molecule has 108 valence electrons. The van der Waals surface area contributed by atoms with Gasteiger partial charge in [0.1, 0.15) is 0 Å². The number of amides is 1. The minimum atomic E-state index is -3.84. The van der Waals surface area contributed by atoms with Gasteiger partial charge in [-0.3, -0.25) is 4.79 Å². The number of aryl methyl sites for hydroxylation is 1. The first-order chi connectivity index (χ1) is 9.32. The fraction of sp³-hybridized carbons (Fsp3) is 0.357. The van der Waals surface area contributed by atoms with E-state index in [-0.39, 0.29) is 16.8 Å². The monoisotopic (exact) mass is 313 g/mol. The lowest BCUT2D eigenvalue weighted by Gasteiger charge is -2.21. The molecule has 2 rings (SSSR count). The predicted molar refractivity (Wildman–Crippen MR) is 78.5 cm³/mol. The van der Waals surface area contributed by atoms with Gasteiger partial charge in [-0.05, 0) is 43.5 Å². The maximum atomic E-state index is 12.5. The van der Waals surface area contributed by atoms with Crippen molar-refractivity contribution in [2.75, 3.05) is 6.54 Å². The second-order valence-electron chi connectivity index (χ2n) is 4.95. The lowest BCUT2D eigenvalue weighted by molar-refractivity contribution is 0.0762. The highest BCUT2D eigenvalue weighted by molar-refractivity contribution is 8.13. The normalized spacial score (nSPS) is 14.9. The Morgan fingerprint density at radius 2 is 2.10 bits per heavy atom. The highest BCUT2D eigenvalue weighted by atomic mass is 35.7. The summed E-state index contributed by atoms with van der Waals surface area (Å²) in [7, 11) is 1.51. The van der Waals surface area contributed by atoms with Crippen LogP contribution in [0.4, 0.5) is 0 Å². The van der Waals surface area contributed by atoms with Gasteiger partial charge in [0.15, 0.2) is 0 Å². The van der Waals surface area contributed by atoms with Crippen molar-refractivity contribution in [2.24, 2.45) is 0 Å². The van der Waals surface area contributed by atoms with Crippen LogP contribution in [-0.2, 0) is 9.05 Å². The molecule has 0 atom stereocenters. The molecule has 1 amide bonds. The maximum absolute atomic E-state index is 12.5. The first-order valence-electron chi connectivity index (χ1n) is 6.31. The molecule has 0 radical (unpaired) electrons. The Morgan fingerprint density at radius 3 is 2.60 bits per heavy atom. The summed E-state index contributed by atoms with van der Waals surface area (Å²) in [5.74, 6) is -0.183. The molecule has 1 fully saturated rings. The number of carbonyl (C=O) groups excluding carboxylic acids is 1. The van der Waals surface area contributed by atoms with Crippen LogP contribution < -0.4 is 0 Å². The van der Waals surface area contributed by atoms with Crippen LogP contribution in [0.25, 0.3) is 0 Å². The minimum Gasteiger partial charge on any atom is -0.332 e. The van der Waals surface area contributed by atoms with Crippen molar-refractivity contribution in [1.29, 1.82) is 0 Å². The maximum Gasteiger partial charge on any atom is 0.261 e. The van der Waals surface area contributed by atoms with Crippen LogP contribution in [0.5, 0.6) is 0 Å². The first kappa shape index (κ1) is 15.1. The highest BCUT2D eigenvalue weighted by Crippen LogP contribution is 2.29. The molecule has 1 aliphatic carbocycles. The highest BCUT2D eigenvalue weighted by Gasteiger charge is 2.32. The summed E-state index contributed by atoms with van der Waals surface area (Å²) in [4.78, 5) is 14.2. The van der Waals surface area contributed by atoms with Crippen LogP contribution >= 0.6 is 10.7 Å². The van der Waals surface area contributed by atoms with Gasteiger partial charge in [0, 0.05) is 28.8 Å². The number of carbonyl (C=O) groups is 1. The van der Waals surface area contributed by atoms with Crippen LogP contribution in [-0.4, -0.2) is 31.8 Å². The zero-order valence-corrected chi connectivity index (χ0v) is 12.7. The Labute approximate surface area is 123 Å². The second kappa shape index (κ2) is 5.58. The smallest absolute Gasteiger partial charge is 0.261 e. The summed E-state index contributed by atoms with van der Waals surface area (Å²) in [5.41, 5.74) is 1.03. The molecule has 4 nitrogen and oxygen atoms in total. The van der Waals surface area contributed by atoms with Gasteiger partial charge in [0.25, 0.3) is 15.0 Å². The van der Waals surface area contributed by atoms with E-state index in [1.54, 1.807) is 24.0 Å². The molecule has 0 bridgehead atoms. The number of rotatable bonds is 5. The van der Waals surface area contributed by atoms with E-state index in [1.165, 1.54) is 12.1 Å². The largest absolute Gasteiger partial charge is 0.332 e. The topological polar surface area (TPSA) is 54.5 Å². The van der Waals surface area contributed by atoms with E-state index in [0.29, 0.717) is 17.7 Å². The van der Waals surface area contributed by atoms with Crippen LogP contribution in [0.15, 0.2) is 35.7 Å². The van der Waals surface area contributed by atoms with Crippen molar-refractivity contribution in [2.45, 2.75) is 30.7 Å². The molecule has 1 aromatic rings. The van der Waals surface area contributed by atoms with Gasteiger partial charge in [-0.15, -0.1) is 6.58 Å². The lowest BCUT2D eigenvalue weighted by Crippen LogP contribution is -2.33. The van der Waals surface area contributed by atoms with Crippen LogP contribution in [0.2, 0.25) is 0 Å². The van der Waals surface area contributed by atoms with Gasteiger partial charge in [-0.2, -0.15) is 0 Å². The van der Waals surface area contributed by atoms with Gasteiger partial charge in [-0.25, -0.2) is 8.42 Å². The van der Waals surface area contributed by atoms with E-state index < -0.39 is 9.05 Å². The van der Waals surface area contributed by atoms with Crippen molar-refractivity contribution in [3.63, 3.8) is 0 Å². The molecule has 6 heteroatoms. The number of halogens is 1. The van der Waals surface area contributed by atoms with E-state index in [1.807, 2.05) is 0 Å². The zero-order valence-electron chi connectivity index (χ0n) is 11.2. The fourth-order valence-corrected chi connectivity index (χ4v) is 2.96. The molecule has 0 unspecified atom stereocenters. The Bertz CT molecular complexity index is 650. The molecule has 0 aliphatic heterocycles. The molecule has 0 saturated heterocycles. The second-order valence-corrected chi connectivity index (χ2v) is 7.52. The minimum absolute atomic E-state index is 0.0446. The summed E-state index contributed by atoms with van der Waals surface area (Å²) >= 11 is 0. The average molecular weight is 314 g/mol. The Morgan fingerprint density at radius 1 is 1.45 bits per heavy atom. The molecule has 1 aromatic carbocycles. The molecule has 0 N–H and O–H groups in total. The molecule has 0 heterocycles. The Balaban J connectivity index is 2.38. The molecule has 1 aliphatic rings. The van der Waals surface area contributed by atoms with Crippen molar-refractivity contribution < 1.29 is 13.2 Å². The summed E-state index contributed by atoms with van der Waals surface area (Å²) in [6.45, 7) is 5.84. The molecule has 0 spiro atoms. The molecular weight excluding hydrogens is 298 g/mol. The first-order valence-corrected chi connectivity index (χ1v) is 8.62. The summed E-state index contributed by atoms with van der Waals surface area (Å²) in [6.07, 6.45) is 3.63. The van der Waals surface area contributed by atoms with E-state index in [9.17, 15) is 13.2 Å². The van der Waals surface area contributed by atoms with Gasteiger partial charge >= 0.3 is 0 Å². The Kier molecular flexibility index (Phi) is 4.20. The SMILES string of the molecule is C=CCN(C(=O)c1cc(C)cc(S(=O)(=O)Cl)c1)C1CC1. The van der Waals surface area contributed by atoms with Crippen LogP contribution in [0.3, 0.4) is 0 Å². The van der Waals surface area contributed by atoms with Crippen LogP contribution in [0.1, 0.15) is 28.8 Å². The fourth-order valence-electron chi connectivity index (χ4n) is 2.10. The Hall–Kier alpha value is -1.33. The number of nitrogens with zero attached hydrogens (tertiary/aromatic N) is 1. The average Bonchev–Trinajstić information content (AvgIpc) is 3.17. The number of hydrogen-bond donors (Lipinski definition) is 0. The summed E-state index contributed by atoms with van der Waals surface area (Å²) < 4.78 is 22.9. The predicted octanol–water partition coefficient (Wildman–Crippen LogP) is 2.71. The molecule has 0 aromatic heterocycles. The zero-order chi connectivity index (χ0) is 14.9. The van der Waals surface area contributed by atoms with Gasteiger partial charge < -0.3 is 4.90 Å².